The maximum atomic E-state index is 12.0. The molecule has 0 saturated carbocycles. The molecule has 3 nitrogen and oxygen atoms in total. The van der Waals surface area contributed by atoms with Crippen molar-refractivity contribution in [1.29, 1.82) is 0 Å². The summed E-state index contributed by atoms with van der Waals surface area (Å²) in [6.45, 7) is 0. The molecule has 2 N–H and O–H groups in total. The minimum absolute atomic E-state index is 0.0153. The van der Waals surface area contributed by atoms with Crippen molar-refractivity contribution in [2.24, 2.45) is 0 Å². The average molecular weight is 405 g/mol. The van der Waals surface area contributed by atoms with Crippen LogP contribution in [-0.2, 0) is 0 Å². The highest BCUT2D eigenvalue weighted by atomic mass is 79.9. The number of amides is 1. The number of phenols is 1. The number of carbonyl (C=O) groups excluding carboxylic acids is 1. The van der Waals surface area contributed by atoms with Crippen molar-refractivity contribution in [2.75, 3.05) is 5.32 Å². The van der Waals surface area contributed by atoms with E-state index in [1.54, 1.807) is 30.3 Å². The number of nitrogens with one attached hydrogen (secondary N) is 1. The number of hydrogen-bond acceptors (Lipinski definition) is 2. The summed E-state index contributed by atoms with van der Waals surface area (Å²) < 4.78 is 1.30. The number of halogens is 3. The molecule has 0 fully saturated rings. The molecule has 0 saturated heterocycles. The third-order valence-electron chi connectivity index (χ3n) is 2.39. The van der Waals surface area contributed by atoms with Crippen LogP contribution in [0.2, 0.25) is 5.02 Å². The lowest BCUT2D eigenvalue weighted by atomic mass is 10.2. The molecule has 2 rings (SSSR count). The number of phenolic OH excluding ortho intramolecular Hbond substituents is 1. The Kier molecular flexibility index (Phi) is 4.50. The van der Waals surface area contributed by atoms with Gasteiger partial charge in [-0.15, -0.1) is 0 Å². The van der Waals surface area contributed by atoms with Gasteiger partial charge >= 0.3 is 0 Å². The van der Waals surface area contributed by atoms with Gasteiger partial charge in [0.15, 0.2) is 0 Å². The normalized spacial score (nSPS) is 10.3. The van der Waals surface area contributed by atoms with E-state index >= 15 is 0 Å². The van der Waals surface area contributed by atoms with Gasteiger partial charge < -0.3 is 10.4 Å². The summed E-state index contributed by atoms with van der Waals surface area (Å²) >= 11 is 12.4. The number of carbonyl (C=O) groups is 1. The van der Waals surface area contributed by atoms with Gasteiger partial charge in [0.1, 0.15) is 5.75 Å². The Hall–Kier alpha value is -1.04. The molecular formula is C13H8Br2ClNO2. The third kappa shape index (κ3) is 3.49. The zero-order valence-corrected chi connectivity index (χ0v) is 13.4. The van der Waals surface area contributed by atoms with Gasteiger partial charge in [0.25, 0.3) is 5.91 Å². The minimum Gasteiger partial charge on any atom is -0.507 e. The van der Waals surface area contributed by atoms with E-state index in [4.69, 9.17) is 11.6 Å². The van der Waals surface area contributed by atoms with E-state index in [1.807, 2.05) is 0 Å². The molecule has 0 aliphatic carbocycles. The Morgan fingerprint density at radius 3 is 2.42 bits per heavy atom. The van der Waals surface area contributed by atoms with Crippen molar-refractivity contribution in [3.8, 4) is 5.75 Å². The van der Waals surface area contributed by atoms with Crippen molar-refractivity contribution in [3.05, 3.63) is 55.9 Å². The van der Waals surface area contributed by atoms with E-state index in [9.17, 15) is 9.90 Å². The lowest BCUT2D eigenvalue weighted by molar-refractivity contribution is 0.102. The smallest absolute Gasteiger partial charge is 0.255 e. The summed E-state index contributed by atoms with van der Waals surface area (Å²) in [5.41, 5.74) is 0.945. The van der Waals surface area contributed by atoms with Gasteiger partial charge in [-0.25, -0.2) is 0 Å². The lowest BCUT2D eigenvalue weighted by Gasteiger charge is -2.07. The fraction of sp³-hybridized carbons (Fsp3) is 0. The Labute approximate surface area is 131 Å². The molecule has 2 aromatic rings. The largest absolute Gasteiger partial charge is 0.507 e. The van der Waals surface area contributed by atoms with Crippen molar-refractivity contribution in [2.45, 2.75) is 0 Å². The zero-order chi connectivity index (χ0) is 14.0. The van der Waals surface area contributed by atoms with Gasteiger partial charge in [0.05, 0.1) is 9.50 Å². The van der Waals surface area contributed by atoms with Crippen molar-refractivity contribution in [1.82, 2.24) is 0 Å². The van der Waals surface area contributed by atoms with Gasteiger partial charge in [-0.2, -0.15) is 0 Å². The van der Waals surface area contributed by atoms with Crippen LogP contribution in [0.15, 0.2) is 45.3 Å². The van der Waals surface area contributed by atoms with Crippen LogP contribution in [-0.4, -0.2) is 11.0 Å². The highest BCUT2D eigenvalue weighted by Crippen LogP contribution is 2.27. The van der Waals surface area contributed by atoms with Gasteiger partial charge in [-0.1, -0.05) is 11.6 Å². The first-order chi connectivity index (χ1) is 8.97. The Morgan fingerprint density at radius 1 is 1.11 bits per heavy atom. The van der Waals surface area contributed by atoms with E-state index in [0.717, 1.165) is 4.47 Å². The first kappa shape index (κ1) is 14.4. The van der Waals surface area contributed by atoms with Crippen LogP contribution in [0.25, 0.3) is 0 Å². The second kappa shape index (κ2) is 5.94. The molecule has 19 heavy (non-hydrogen) atoms. The molecule has 0 spiro atoms. The number of rotatable bonds is 2. The Morgan fingerprint density at radius 2 is 1.79 bits per heavy atom. The fourth-order valence-electron chi connectivity index (χ4n) is 1.43. The van der Waals surface area contributed by atoms with Gasteiger partial charge in [0, 0.05) is 15.7 Å². The molecule has 0 bridgehead atoms. The molecule has 2 aromatic carbocycles. The summed E-state index contributed by atoms with van der Waals surface area (Å²) in [6, 6.07) is 9.73. The van der Waals surface area contributed by atoms with Crippen LogP contribution in [0.4, 0.5) is 5.69 Å². The molecule has 0 heterocycles. The van der Waals surface area contributed by atoms with Gasteiger partial charge in [0.2, 0.25) is 0 Å². The maximum Gasteiger partial charge on any atom is 0.255 e. The highest BCUT2D eigenvalue weighted by Gasteiger charge is 2.09. The van der Waals surface area contributed by atoms with Crippen molar-refractivity contribution >= 4 is 55.1 Å². The summed E-state index contributed by atoms with van der Waals surface area (Å²) in [7, 11) is 0. The standard InChI is InChI=1S/C13H8Br2ClNO2/c14-9-4-2-8(6-11(9)16)17-13(19)7-1-3-10(15)12(18)5-7/h1-6,18H,(H,17,19). The minimum atomic E-state index is -0.318. The number of benzene rings is 2. The summed E-state index contributed by atoms with van der Waals surface area (Å²) in [5, 5.41) is 12.8. The predicted molar refractivity (Wildman–Crippen MR) is 82.9 cm³/mol. The van der Waals surface area contributed by atoms with E-state index < -0.39 is 0 Å². The van der Waals surface area contributed by atoms with Crippen LogP contribution >= 0.6 is 43.5 Å². The van der Waals surface area contributed by atoms with Gasteiger partial charge in [-0.3, -0.25) is 4.79 Å². The molecular weight excluding hydrogens is 397 g/mol. The quantitative estimate of drug-likeness (QED) is 0.752. The molecule has 0 aliphatic rings. The predicted octanol–water partition coefficient (Wildman–Crippen LogP) is 4.82. The molecule has 98 valence electrons. The number of hydrogen-bond donors (Lipinski definition) is 2. The lowest BCUT2D eigenvalue weighted by Crippen LogP contribution is -2.11. The van der Waals surface area contributed by atoms with Crippen LogP contribution in [0.5, 0.6) is 5.75 Å². The van der Waals surface area contributed by atoms with E-state index in [1.165, 1.54) is 6.07 Å². The number of aromatic hydroxyl groups is 1. The Balaban J connectivity index is 2.20. The first-order valence-corrected chi connectivity index (χ1v) is 7.18. The average Bonchev–Trinajstić information content (AvgIpc) is 2.37. The third-order valence-corrected chi connectivity index (χ3v) is 4.29. The van der Waals surface area contributed by atoms with Crippen LogP contribution in [0.1, 0.15) is 10.4 Å². The van der Waals surface area contributed by atoms with Crippen molar-refractivity contribution in [3.63, 3.8) is 0 Å². The van der Waals surface area contributed by atoms with Crippen LogP contribution in [0, 0.1) is 0 Å². The molecule has 1 amide bonds. The molecule has 0 aliphatic heterocycles. The van der Waals surface area contributed by atoms with Gasteiger partial charge in [-0.05, 0) is 68.3 Å². The maximum absolute atomic E-state index is 12.0. The van der Waals surface area contributed by atoms with E-state index in [2.05, 4.69) is 37.2 Å². The fourth-order valence-corrected chi connectivity index (χ4v) is 2.10. The van der Waals surface area contributed by atoms with E-state index in [-0.39, 0.29) is 11.7 Å². The SMILES string of the molecule is O=C(Nc1ccc(Br)c(Cl)c1)c1ccc(Br)c(O)c1. The molecule has 0 unspecified atom stereocenters. The van der Waals surface area contributed by atoms with E-state index in [0.29, 0.717) is 20.7 Å². The van der Waals surface area contributed by atoms with Crippen LogP contribution in [0.3, 0.4) is 0 Å². The molecule has 0 atom stereocenters. The monoisotopic (exact) mass is 403 g/mol. The number of anilines is 1. The topological polar surface area (TPSA) is 49.3 Å². The molecule has 6 heteroatoms. The Bertz CT molecular complexity index is 647. The zero-order valence-electron chi connectivity index (χ0n) is 9.45. The summed E-state index contributed by atoms with van der Waals surface area (Å²) in [6.07, 6.45) is 0. The van der Waals surface area contributed by atoms with Crippen molar-refractivity contribution < 1.29 is 9.90 Å². The molecule has 0 radical (unpaired) electrons. The second-order valence-corrected chi connectivity index (χ2v) is 5.87. The molecule has 0 aromatic heterocycles. The summed E-state index contributed by atoms with van der Waals surface area (Å²) in [4.78, 5) is 12.0. The second-order valence-electron chi connectivity index (χ2n) is 3.75. The first-order valence-electron chi connectivity index (χ1n) is 5.22. The van der Waals surface area contributed by atoms with Crippen LogP contribution < -0.4 is 5.32 Å². The highest BCUT2D eigenvalue weighted by molar-refractivity contribution is 9.10. The summed E-state index contributed by atoms with van der Waals surface area (Å²) in [5.74, 6) is -0.303.